The lowest BCUT2D eigenvalue weighted by molar-refractivity contribution is 0.0994. The minimum absolute atomic E-state index is 0.368. The molecule has 1 amide bonds. The number of hydrogen-bond acceptors (Lipinski definition) is 3. The molecule has 1 heterocycles. The number of aromatic nitrogens is 1. The van der Waals surface area contributed by atoms with E-state index < -0.39 is 5.91 Å². The number of rotatable bonds is 3. The van der Waals surface area contributed by atoms with Crippen LogP contribution in [0.25, 0.3) is 16.6 Å². The highest BCUT2D eigenvalue weighted by molar-refractivity contribution is 6.02. The number of nitrogen functional groups attached to an aromatic ring is 1. The SMILES string of the molecule is COc1ccccc1-n1c(C(N)=O)cc2cccc(N)c21. The Morgan fingerprint density at radius 1 is 1.14 bits per heavy atom. The molecule has 0 aliphatic rings. The molecule has 4 N–H and O–H groups in total. The lowest BCUT2D eigenvalue weighted by Gasteiger charge is -2.14. The van der Waals surface area contributed by atoms with E-state index in [-0.39, 0.29) is 0 Å². The third kappa shape index (κ3) is 1.99. The molecule has 0 unspecified atom stereocenters. The summed E-state index contributed by atoms with van der Waals surface area (Å²) < 4.78 is 7.12. The van der Waals surface area contributed by atoms with E-state index in [1.54, 1.807) is 23.8 Å². The number of methoxy groups -OCH3 is 1. The maximum absolute atomic E-state index is 11.8. The molecule has 3 aromatic rings. The van der Waals surface area contributed by atoms with Gasteiger partial charge in [0.1, 0.15) is 11.4 Å². The Hall–Kier alpha value is -2.95. The molecule has 1 aromatic heterocycles. The zero-order chi connectivity index (χ0) is 15.0. The molecule has 0 atom stereocenters. The Labute approximate surface area is 121 Å². The topological polar surface area (TPSA) is 83.3 Å². The van der Waals surface area contributed by atoms with Gasteiger partial charge in [-0.1, -0.05) is 24.3 Å². The lowest BCUT2D eigenvalue weighted by Crippen LogP contribution is -2.16. The van der Waals surface area contributed by atoms with Crippen LogP contribution in [-0.2, 0) is 0 Å². The van der Waals surface area contributed by atoms with Crippen LogP contribution in [0.1, 0.15) is 10.5 Å². The highest BCUT2D eigenvalue weighted by Gasteiger charge is 2.18. The Morgan fingerprint density at radius 3 is 2.62 bits per heavy atom. The number of hydrogen-bond donors (Lipinski definition) is 2. The van der Waals surface area contributed by atoms with Crippen molar-refractivity contribution in [2.45, 2.75) is 0 Å². The van der Waals surface area contributed by atoms with Crippen LogP contribution in [0.15, 0.2) is 48.5 Å². The monoisotopic (exact) mass is 281 g/mol. The van der Waals surface area contributed by atoms with Gasteiger partial charge in [-0.05, 0) is 24.3 Å². The molecule has 0 radical (unpaired) electrons. The predicted molar refractivity (Wildman–Crippen MR) is 82.8 cm³/mol. The van der Waals surface area contributed by atoms with Gasteiger partial charge in [-0.25, -0.2) is 0 Å². The Kier molecular flexibility index (Phi) is 3.02. The molecule has 0 saturated carbocycles. The number of ether oxygens (including phenoxy) is 1. The van der Waals surface area contributed by atoms with Gasteiger partial charge in [0, 0.05) is 5.39 Å². The minimum Gasteiger partial charge on any atom is -0.495 e. The first-order chi connectivity index (χ1) is 10.1. The fraction of sp³-hybridized carbons (Fsp3) is 0.0625. The summed E-state index contributed by atoms with van der Waals surface area (Å²) in [5, 5.41) is 0.856. The van der Waals surface area contributed by atoms with Crippen LogP contribution in [0.2, 0.25) is 0 Å². The Morgan fingerprint density at radius 2 is 1.90 bits per heavy atom. The molecule has 0 spiro atoms. The van der Waals surface area contributed by atoms with Crippen LogP contribution in [0.5, 0.6) is 5.75 Å². The number of anilines is 1. The number of fused-ring (bicyclic) bond motifs is 1. The quantitative estimate of drug-likeness (QED) is 0.723. The Balaban J connectivity index is 2.45. The molecule has 3 rings (SSSR count). The maximum Gasteiger partial charge on any atom is 0.265 e. The van der Waals surface area contributed by atoms with Gasteiger partial charge in [0.2, 0.25) is 0 Å². The second kappa shape index (κ2) is 4.86. The summed E-state index contributed by atoms with van der Waals surface area (Å²) >= 11 is 0. The number of carbonyl (C=O) groups is 1. The van der Waals surface area contributed by atoms with Crippen LogP contribution in [0, 0.1) is 0 Å². The number of carbonyl (C=O) groups excluding carboxylic acids is 1. The molecular weight excluding hydrogens is 266 g/mol. The van der Waals surface area contributed by atoms with Crippen molar-refractivity contribution in [2.75, 3.05) is 12.8 Å². The standard InChI is InChI=1S/C16H15N3O2/c1-21-14-8-3-2-7-12(14)19-13(16(18)20)9-10-5-4-6-11(17)15(10)19/h2-9H,17H2,1H3,(H2,18,20). The molecule has 21 heavy (non-hydrogen) atoms. The van der Waals surface area contributed by atoms with Gasteiger partial charge in [-0.3, -0.25) is 9.36 Å². The number of para-hydroxylation sites is 3. The summed E-state index contributed by atoms with van der Waals surface area (Å²) in [5.41, 5.74) is 14.0. The summed E-state index contributed by atoms with van der Waals surface area (Å²) in [4.78, 5) is 11.8. The van der Waals surface area contributed by atoms with Gasteiger partial charge in [0.15, 0.2) is 0 Å². The van der Waals surface area contributed by atoms with Crippen molar-refractivity contribution in [3.05, 3.63) is 54.2 Å². The molecule has 0 aliphatic carbocycles. The fourth-order valence-electron chi connectivity index (χ4n) is 2.53. The van der Waals surface area contributed by atoms with E-state index in [0.29, 0.717) is 17.1 Å². The van der Waals surface area contributed by atoms with Gasteiger partial charge in [-0.15, -0.1) is 0 Å². The van der Waals surface area contributed by atoms with Crippen molar-refractivity contribution < 1.29 is 9.53 Å². The van der Waals surface area contributed by atoms with E-state index in [1.165, 1.54) is 0 Å². The van der Waals surface area contributed by atoms with E-state index in [9.17, 15) is 4.79 Å². The van der Waals surface area contributed by atoms with E-state index in [2.05, 4.69) is 0 Å². The van der Waals surface area contributed by atoms with Crippen LogP contribution < -0.4 is 16.2 Å². The molecule has 0 fully saturated rings. The summed E-state index contributed by atoms with van der Waals surface area (Å²) in [7, 11) is 1.58. The second-order valence-electron chi connectivity index (χ2n) is 4.69. The maximum atomic E-state index is 11.8. The van der Waals surface area contributed by atoms with Crippen molar-refractivity contribution in [2.24, 2.45) is 5.73 Å². The normalized spacial score (nSPS) is 10.7. The van der Waals surface area contributed by atoms with E-state index in [4.69, 9.17) is 16.2 Å². The zero-order valence-corrected chi connectivity index (χ0v) is 11.5. The Bertz CT molecular complexity index is 837. The van der Waals surface area contributed by atoms with Gasteiger partial charge >= 0.3 is 0 Å². The van der Waals surface area contributed by atoms with Gasteiger partial charge in [0.25, 0.3) is 5.91 Å². The average molecular weight is 281 g/mol. The van der Waals surface area contributed by atoms with Crippen LogP contribution >= 0.6 is 0 Å². The predicted octanol–water partition coefficient (Wildman–Crippen LogP) is 2.32. The van der Waals surface area contributed by atoms with Crippen molar-refractivity contribution in [3.8, 4) is 11.4 Å². The number of nitrogens with zero attached hydrogens (tertiary/aromatic N) is 1. The molecule has 0 aliphatic heterocycles. The number of benzene rings is 2. The average Bonchev–Trinajstić information content (AvgIpc) is 2.88. The van der Waals surface area contributed by atoms with Gasteiger partial charge in [-0.2, -0.15) is 0 Å². The zero-order valence-electron chi connectivity index (χ0n) is 11.5. The minimum atomic E-state index is -0.517. The third-order valence-electron chi connectivity index (χ3n) is 3.43. The summed E-state index contributed by atoms with van der Waals surface area (Å²) in [6.45, 7) is 0. The highest BCUT2D eigenvalue weighted by Crippen LogP contribution is 2.32. The van der Waals surface area contributed by atoms with Crippen molar-refractivity contribution in [1.29, 1.82) is 0 Å². The first-order valence-electron chi connectivity index (χ1n) is 6.46. The van der Waals surface area contributed by atoms with Crippen molar-refractivity contribution in [3.63, 3.8) is 0 Å². The molecule has 0 saturated heterocycles. The van der Waals surface area contributed by atoms with Crippen molar-refractivity contribution in [1.82, 2.24) is 4.57 Å². The molecule has 2 aromatic carbocycles. The first-order valence-corrected chi connectivity index (χ1v) is 6.46. The van der Waals surface area contributed by atoms with Gasteiger partial charge < -0.3 is 16.2 Å². The van der Waals surface area contributed by atoms with E-state index >= 15 is 0 Å². The third-order valence-corrected chi connectivity index (χ3v) is 3.43. The van der Waals surface area contributed by atoms with Crippen molar-refractivity contribution >= 4 is 22.5 Å². The molecule has 106 valence electrons. The van der Waals surface area contributed by atoms with E-state index in [0.717, 1.165) is 16.6 Å². The van der Waals surface area contributed by atoms with Crippen LogP contribution in [-0.4, -0.2) is 17.6 Å². The van der Waals surface area contributed by atoms with E-state index in [1.807, 2.05) is 36.4 Å². The van der Waals surface area contributed by atoms with Crippen LogP contribution in [0.4, 0.5) is 5.69 Å². The largest absolute Gasteiger partial charge is 0.495 e. The smallest absolute Gasteiger partial charge is 0.265 e. The number of primary amides is 1. The summed E-state index contributed by atoms with van der Waals surface area (Å²) in [5.74, 6) is 0.122. The lowest BCUT2D eigenvalue weighted by atomic mass is 10.2. The van der Waals surface area contributed by atoms with Gasteiger partial charge in [0.05, 0.1) is 24.0 Å². The number of amides is 1. The molecular formula is C16H15N3O2. The van der Waals surface area contributed by atoms with Crippen LogP contribution in [0.3, 0.4) is 0 Å². The fourth-order valence-corrected chi connectivity index (χ4v) is 2.53. The second-order valence-corrected chi connectivity index (χ2v) is 4.69. The summed E-state index contributed by atoms with van der Waals surface area (Å²) in [6, 6.07) is 14.7. The molecule has 5 heteroatoms. The molecule has 5 nitrogen and oxygen atoms in total. The molecule has 0 bridgehead atoms. The summed E-state index contributed by atoms with van der Waals surface area (Å²) in [6.07, 6.45) is 0. The highest BCUT2D eigenvalue weighted by atomic mass is 16.5. The number of nitrogens with two attached hydrogens (primary N) is 2. The first kappa shape index (κ1) is 13.1.